The van der Waals surface area contributed by atoms with E-state index >= 15 is 0 Å². The molecule has 3 heterocycles. The highest BCUT2D eigenvalue weighted by Crippen LogP contribution is 2.34. The van der Waals surface area contributed by atoms with E-state index in [-0.39, 0.29) is 24.4 Å². The van der Waals surface area contributed by atoms with Crippen LogP contribution < -0.4 is 14.8 Å². The first kappa shape index (κ1) is 23.9. The Labute approximate surface area is 210 Å². The fourth-order valence-corrected chi connectivity index (χ4v) is 5.80. The first-order valence-electron chi connectivity index (χ1n) is 12.4. The fraction of sp³-hybridized carbons (Fsp3) is 0.500. The summed E-state index contributed by atoms with van der Waals surface area (Å²) in [5, 5.41) is 3.45. The van der Waals surface area contributed by atoms with Gasteiger partial charge >= 0.3 is 0 Å². The maximum Gasteiger partial charge on any atom is 0.256 e. The molecule has 2 aliphatic heterocycles. The summed E-state index contributed by atoms with van der Waals surface area (Å²) in [5.74, 6) is 2.08. The number of anilines is 1. The third-order valence-corrected chi connectivity index (χ3v) is 7.90. The van der Waals surface area contributed by atoms with Crippen LogP contribution in [0.5, 0.6) is 11.5 Å². The van der Waals surface area contributed by atoms with Gasteiger partial charge in [-0.3, -0.25) is 14.5 Å². The van der Waals surface area contributed by atoms with Gasteiger partial charge in [0.15, 0.2) is 11.5 Å². The second-order valence-corrected chi connectivity index (χ2v) is 10.3. The van der Waals surface area contributed by atoms with Gasteiger partial charge in [0.25, 0.3) is 5.91 Å². The molecular weight excluding hydrogens is 464 g/mol. The summed E-state index contributed by atoms with van der Waals surface area (Å²) in [6.45, 7) is 4.65. The van der Waals surface area contributed by atoms with E-state index in [9.17, 15) is 9.59 Å². The van der Waals surface area contributed by atoms with Gasteiger partial charge < -0.3 is 19.7 Å². The van der Waals surface area contributed by atoms with E-state index in [1.165, 1.54) is 43.9 Å². The van der Waals surface area contributed by atoms with Crippen LogP contribution >= 0.6 is 11.8 Å². The lowest BCUT2D eigenvalue weighted by Gasteiger charge is -2.37. The van der Waals surface area contributed by atoms with Gasteiger partial charge in [0.1, 0.15) is 5.03 Å². The molecule has 1 aliphatic carbocycles. The van der Waals surface area contributed by atoms with Crippen LogP contribution in [0.2, 0.25) is 0 Å². The Hall–Kier alpha value is -2.78. The summed E-state index contributed by atoms with van der Waals surface area (Å²) in [6.07, 6.45) is 8.45. The molecule has 0 unspecified atom stereocenters. The number of ether oxygens (including phenoxy) is 2. The Morgan fingerprint density at radius 1 is 1.03 bits per heavy atom. The van der Waals surface area contributed by atoms with Gasteiger partial charge in [-0.05, 0) is 43.0 Å². The minimum atomic E-state index is -0.172. The average Bonchev–Trinajstić information content (AvgIpc) is 3.36. The highest BCUT2D eigenvalue weighted by Gasteiger charge is 2.26. The summed E-state index contributed by atoms with van der Waals surface area (Å²) in [4.78, 5) is 34.7. The number of piperazine rings is 1. The van der Waals surface area contributed by atoms with Crippen molar-refractivity contribution in [1.29, 1.82) is 0 Å². The molecule has 9 heteroatoms. The third kappa shape index (κ3) is 6.08. The lowest BCUT2D eigenvalue weighted by atomic mass is 9.89. The number of hydrogen-bond donors (Lipinski definition) is 1. The topological polar surface area (TPSA) is 84.0 Å². The van der Waals surface area contributed by atoms with Crippen LogP contribution in [-0.4, -0.2) is 71.9 Å². The number of rotatable bonds is 7. The van der Waals surface area contributed by atoms with Crippen LogP contribution in [0.1, 0.15) is 42.5 Å². The second kappa shape index (κ2) is 11.3. The number of pyridine rings is 1. The van der Waals surface area contributed by atoms with Gasteiger partial charge in [-0.25, -0.2) is 4.98 Å². The van der Waals surface area contributed by atoms with E-state index in [1.807, 2.05) is 11.0 Å². The van der Waals surface area contributed by atoms with E-state index in [1.54, 1.807) is 30.5 Å². The molecule has 1 saturated heterocycles. The zero-order chi connectivity index (χ0) is 24.0. The van der Waals surface area contributed by atoms with Crippen molar-refractivity contribution in [3.8, 4) is 11.5 Å². The van der Waals surface area contributed by atoms with E-state index in [2.05, 4.69) is 15.2 Å². The molecule has 2 aromatic rings. The van der Waals surface area contributed by atoms with Gasteiger partial charge in [0.05, 0.1) is 11.3 Å². The molecule has 0 atom stereocenters. The summed E-state index contributed by atoms with van der Waals surface area (Å²) < 4.78 is 10.7. The maximum absolute atomic E-state index is 13.3. The molecule has 8 nitrogen and oxygen atoms in total. The molecule has 3 aliphatic rings. The molecule has 1 aromatic carbocycles. The molecule has 0 radical (unpaired) electrons. The highest BCUT2D eigenvalue weighted by atomic mass is 32.2. The molecule has 186 valence electrons. The number of carbonyl (C=O) groups is 2. The van der Waals surface area contributed by atoms with Crippen molar-refractivity contribution in [2.45, 2.75) is 37.1 Å². The van der Waals surface area contributed by atoms with Crippen LogP contribution in [0, 0.1) is 5.92 Å². The standard InChI is InChI=1S/C26H32N4O4S/c31-24(28-20-8-9-22-23(15-20)34-18-33-22)17-35-25-21(7-4-10-27-25)26(32)30-13-11-29(12-14-30)16-19-5-2-1-3-6-19/h4,7-10,15,19H,1-3,5-6,11-14,16-18H2,(H,28,31). The second-order valence-electron chi connectivity index (χ2n) is 9.36. The first-order valence-corrected chi connectivity index (χ1v) is 13.4. The van der Waals surface area contributed by atoms with Crippen molar-refractivity contribution >= 4 is 29.3 Å². The van der Waals surface area contributed by atoms with Crippen molar-refractivity contribution in [1.82, 2.24) is 14.8 Å². The minimum Gasteiger partial charge on any atom is -0.454 e. The summed E-state index contributed by atoms with van der Waals surface area (Å²) in [5.41, 5.74) is 1.21. The normalized spacial score (nSPS) is 18.5. The first-order chi connectivity index (χ1) is 17.2. The number of thioether (sulfide) groups is 1. The molecule has 1 saturated carbocycles. The Morgan fingerprint density at radius 2 is 1.83 bits per heavy atom. The number of carbonyl (C=O) groups excluding carboxylic acids is 2. The predicted octanol–water partition coefficient (Wildman–Crippen LogP) is 3.88. The number of nitrogens with one attached hydrogen (secondary N) is 1. The Bertz CT molecular complexity index is 1050. The number of aromatic nitrogens is 1. The molecule has 35 heavy (non-hydrogen) atoms. The van der Waals surface area contributed by atoms with E-state index in [0.29, 0.717) is 27.8 Å². The largest absolute Gasteiger partial charge is 0.454 e. The number of amides is 2. The Morgan fingerprint density at radius 3 is 2.66 bits per heavy atom. The van der Waals surface area contributed by atoms with Crippen molar-refractivity contribution in [3.63, 3.8) is 0 Å². The van der Waals surface area contributed by atoms with E-state index in [4.69, 9.17) is 9.47 Å². The predicted molar refractivity (Wildman–Crippen MR) is 135 cm³/mol. The molecule has 2 fully saturated rings. The fourth-order valence-electron chi connectivity index (χ4n) is 5.01. The smallest absolute Gasteiger partial charge is 0.256 e. The summed E-state index contributed by atoms with van der Waals surface area (Å²) >= 11 is 1.28. The monoisotopic (exact) mass is 496 g/mol. The summed E-state index contributed by atoms with van der Waals surface area (Å²) in [7, 11) is 0. The Kier molecular flexibility index (Phi) is 7.73. The molecule has 1 aromatic heterocycles. The third-order valence-electron chi connectivity index (χ3n) is 6.90. The number of benzene rings is 1. The van der Waals surface area contributed by atoms with Crippen LogP contribution in [0.15, 0.2) is 41.6 Å². The van der Waals surface area contributed by atoms with Crippen LogP contribution in [0.4, 0.5) is 5.69 Å². The van der Waals surface area contributed by atoms with Gasteiger partial charge in [-0.15, -0.1) is 0 Å². The van der Waals surface area contributed by atoms with Crippen molar-refractivity contribution < 1.29 is 19.1 Å². The zero-order valence-corrected chi connectivity index (χ0v) is 20.7. The molecular formula is C26H32N4O4S. The molecule has 0 bridgehead atoms. The van der Waals surface area contributed by atoms with Crippen molar-refractivity contribution in [3.05, 3.63) is 42.1 Å². The summed E-state index contributed by atoms with van der Waals surface area (Å²) in [6, 6.07) is 8.88. The van der Waals surface area contributed by atoms with Gasteiger partial charge in [-0.1, -0.05) is 31.0 Å². The number of nitrogens with zero attached hydrogens (tertiary/aromatic N) is 3. The zero-order valence-electron chi connectivity index (χ0n) is 19.9. The van der Waals surface area contributed by atoms with Gasteiger partial charge in [-0.2, -0.15) is 0 Å². The minimum absolute atomic E-state index is 0.00547. The van der Waals surface area contributed by atoms with Gasteiger partial charge in [0.2, 0.25) is 12.7 Å². The van der Waals surface area contributed by atoms with Crippen LogP contribution in [0.25, 0.3) is 0 Å². The van der Waals surface area contributed by atoms with E-state index < -0.39 is 0 Å². The number of hydrogen-bond acceptors (Lipinski definition) is 7. The average molecular weight is 497 g/mol. The molecule has 1 N–H and O–H groups in total. The molecule has 2 amide bonds. The maximum atomic E-state index is 13.3. The molecule has 5 rings (SSSR count). The van der Waals surface area contributed by atoms with Crippen molar-refractivity contribution in [2.75, 3.05) is 50.6 Å². The SMILES string of the molecule is O=C(CSc1ncccc1C(=O)N1CCN(CC2CCCCC2)CC1)Nc1ccc2c(c1)OCO2. The van der Waals surface area contributed by atoms with Crippen LogP contribution in [0.3, 0.4) is 0 Å². The Balaban J connectivity index is 1.13. The quantitative estimate of drug-likeness (QED) is 0.583. The van der Waals surface area contributed by atoms with Crippen LogP contribution in [-0.2, 0) is 4.79 Å². The lowest BCUT2D eigenvalue weighted by Crippen LogP contribution is -2.50. The van der Waals surface area contributed by atoms with Gasteiger partial charge in [0, 0.05) is 50.7 Å². The van der Waals surface area contributed by atoms with Crippen molar-refractivity contribution in [2.24, 2.45) is 5.92 Å². The number of fused-ring (bicyclic) bond motifs is 1. The highest BCUT2D eigenvalue weighted by molar-refractivity contribution is 8.00. The lowest BCUT2D eigenvalue weighted by molar-refractivity contribution is -0.113. The van der Waals surface area contributed by atoms with E-state index in [0.717, 1.165) is 38.6 Å². The molecule has 0 spiro atoms.